The maximum absolute atomic E-state index is 15.8. The molecule has 4 nitrogen and oxygen atoms in total. The van der Waals surface area contributed by atoms with Gasteiger partial charge in [0.05, 0.1) is 0 Å². The Morgan fingerprint density at radius 1 is 0.765 bits per heavy atom. The average Bonchev–Trinajstić information content (AvgIpc) is 2.84. The van der Waals surface area contributed by atoms with E-state index in [0.717, 1.165) is 30.5 Å². The summed E-state index contributed by atoms with van der Waals surface area (Å²) in [4.78, 5) is 3.72. The zero-order valence-electron chi connectivity index (χ0n) is 17.2. The molecule has 1 N–H and O–H groups in total. The molecule has 1 unspecified atom stereocenters. The number of rotatable bonds is 4. The van der Waals surface area contributed by atoms with E-state index in [0.29, 0.717) is 11.6 Å². The van der Waals surface area contributed by atoms with Gasteiger partial charge in [0.1, 0.15) is 28.8 Å². The first-order valence-electron chi connectivity index (χ1n) is 9.80. The normalized spacial score (nSPS) is 13.0. The van der Waals surface area contributed by atoms with Crippen molar-refractivity contribution in [2.24, 2.45) is 0 Å². The van der Waals surface area contributed by atoms with E-state index in [-0.39, 0.29) is 5.56 Å². The van der Waals surface area contributed by atoms with E-state index in [1.165, 1.54) is 42.6 Å². The molecule has 0 spiro atoms. The second kappa shape index (κ2) is 9.00. The predicted molar refractivity (Wildman–Crippen MR) is 112 cm³/mol. The number of alkyl halides is 2. The Morgan fingerprint density at radius 3 is 2.06 bits per heavy atom. The van der Waals surface area contributed by atoms with Crippen LogP contribution >= 0.6 is 0 Å². The van der Waals surface area contributed by atoms with Crippen LogP contribution in [-0.4, -0.2) is 20.3 Å². The van der Waals surface area contributed by atoms with E-state index < -0.39 is 45.9 Å². The summed E-state index contributed by atoms with van der Waals surface area (Å²) in [5.74, 6) is -1.59. The van der Waals surface area contributed by atoms with E-state index >= 15 is 8.78 Å². The van der Waals surface area contributed by atoms with Crippen LogP contribution in [0.2, 0.25) is 0 Å². The lowest BCUT2D eigenvalue weighted by molar-refractivity contribution is -0.177. The molecule has 34 heavy (non-hydrogen) atoms. The van der Waals surface area contributed by atoms with Gasteiger partial charge in [0.15, 0.2) is 0 Å². The van der Waals surface area contributed by atoms with Gasteiger partial charge < -0.3 is 5.11 Å². The number of aromatic nitrogens is 3. The quantitative estimate of drug-likeness (QED) is 0.349. The van der Waals surface area contributed by atoms with Gasteiger partial charge in [0.25, 0.3) is 0 Å². The molecule has 2 heterocycles. The minimum atomic E-state index is -4.22. The summed E-state index contributed by atoms with van der Waals surface area (Å²) in [5, 5.41) is 18.3. The third kappa shape index (κ3) is 4.23. The molecule has 9 heteroatoms. The summed E-state index contributed by atoms with van der Waals surface area (Å²) < 4.78 is 72.5. The molecule has 0 aliphatic rings. The van der Waals surface area contributed by atoms with E-state index in [2.05, 4.69) is 27.0 Å². The highest BCUT2D eigenvalue weighted by Crippen LogP contribution is 2.48. The molecule has 0 aliphatic carbocycles. The van der Waals surface area contributed by atoms with E-state index in [9.17, 15) is 18.3 Å². The van der Waals surface area contributed by atoms with Crippen molar-refractivity contribution in [2.45, 2.75) is 11.5 Å². The van der Waals surface area contributed by atoms with E-state index in [1.54, 1.807) is 0 Å². The second-order valence-corrected chi connectivity index (χ2v) is 7.21. The highest BCUT2D eigenvalue weighted by molar-refractivity contribution is 5.43. The molecule has 4 rings (SSSR count). The highest BCUT2D eigenvalue weighted by atomic mass is 19.3. The zero-order chi connectivity index (χ0) is 24.3. The van der Waals surface area contributed by atoms with Gasteiger partial charge in [-0.25, -0.2) is 13.2 Å². The van der Waals surface area contributed by atoms with Gasteiger partial charge in [-0.1, -0.05) is 11.8 Å². The summed E-state index contributed by atoms with van der Waals surface area (Å²) in [6.45, 7) is 0. The lowest BCUT2D eigenvalue weighted by Gasteiger charge is -2.35. The minimum Gasteiger partial charge on any atom is -0.373 e. The summed E-state index contributed by atoms with van der Waals surface area (Å²) >= 11 is 0. The molecular formula is C25H14F5N3O. The highest BCUT2D eigenvalue weighted by Gasteiger charge is 2.59. The molecule has 0 saturated carbocycles. The third-order valence-corrected chi connectivity index (χ3v) is 5.00. The number of pyridine rings is 1. The second-order valence-electron chi connectivity index (χ2n) is 7.21. The molecular weight excluding hydrogens is 453 g/mol. The molecule has 0 aliphatic heterocycles. The molecule has 0 fully saturated rings. The predicted octanol–water partition coefficient (Wildman–Crippen LogP) is 4.72. The van der Waals surface area contributed by atoms with E-state index in [1.807, 2.05) is 0 Å². The Morgan fingerprint density at radius 2 is 1.44 bits per heavy atom. The van der Waals surface area contributed by atoms with Crippen LogP contribution in [0.4, 0.5) is 22.0 Å². The van der Waals surface area contributed by atoms with Crippen molar-refractivity contribution < 1.29 is 27.1 Å². The third-order valence-electron chi connectivity index (χ3n) is 5.00. The average molecular weight is 467 g/mol. The van der Waals surface area contributed by atoms with Crippen molar-refractivity contribution in [1.82, 2.24) is 15.2 Å². The first-order chi connectivity index (χ1) is 16.2. The number of aliphatic hydroxyl groups is 1. The molecule has 2 aromatic carbocycles. The summed E-state index contributed by atoms with van der Waals surface area (Å²) in [6, 6.07) is 11.7. The molecule has 0 bridgehead atoms. The molecule has 0 saturated heterocycles. The Labute approximate surface area is 190 Å². The molecule has 0 amide bonds. The summed E-state index contributed by atoms with van der Waals surface area (Å²) in [7, 11) is 0. The molecule has 1 atom stereocenters. The largest absolute Gasteiger partial charge is 0.373 e. The smallest absolute Gasteiger partial charge is 0.327 e. The van der Waals surface area contributed by atoms with Gasteiger partial charge in [-0.3, -0.25) is 4.98 Å². The zero-order valence-corrected chi connectivity index (χ0v) is 17.2. The maximum Gasteiger partial charge on any atom is 0.327 e. The minimum absolute atomic E-state index is 0.264. The number of halogens is 5. The molecule has 2 aromatic heterocycles. The Hall–Kier alpha value is -4.16. The Kier molecular flexibility index (Phi) is 6.09. The number of hydrogen-bond acceptors (Lipinski definition) is 4. The molecule has 4 aromatic rings. The van der Waals surface area contributed by atoms with Gasteiger partial charge in [-0.05, 0) is 60.7 Å². The molecule has 0 radical (unpaired) electrons. The van der Waals surface area contributed by atoms with Crippen LogP contribution in [0.25, 0.3) is 0 Å². The molecule has 170 valence electrons. The van der Waals surface area contributed by atoms with Crippen molar-refractivity contribution in [3.63, 3.8) is 0 Å². The van der Waals surface area contributed by atoms with Gasteiger partial charge in [-0.15, -0.1) is 0 Å². The fourth-order valence-corrected chi connectivity index (χ4v) is 3.26. The van der Waals surface area contributed by atoms with Crippen LogP contribution in [0.15, 0.2) is 79.1 Å². The van der Waals surface area contributed by atoms with Crippen LogP contribution in [0.1, 0.15) is 28.1 Å². The summed E-state index contributed by atoms with van der Waals surface area (Å²) in [5.41, 5.74) is -5.06. The number of nitrogens with zero attached hydrogens (tertiary/aromatic N) is 3. The lowest BCUT2D eigenvalue weighted by Crippen LogP contribution is -2.46. The SMILES string of the molecule is OC(c1cccnn1)(c1ccc(F)cc1F)C(F)(F)c1ccc(C#Cc2ccc(F)cc2)cn1. The maximum atomic E-state index is 15.8. The fraction of sp³-hybridized carbons (Fsp3) is 0.0800. The van der Waals surface area contributed by atoms with E-state index in [4.69, 9.17) is 0 Å². The first kappa shape index (κ1) is 23.0. The van der Waals surface area contributed by atoms with Crippen LogP contribution in [0.3, 0.4) is 0 Å². The number of hydrogen-bond donors (Lipinski definition) is 1. The first-order valence-corrected chi connectivity index (χ1v) is 9.80. The number of benzene rings is 2. The lowest BCUT2D eigenvalue weighted by atomic mass is 9.81. The van der Waals surface area contributed by atoms with Gasteiger partial charge >= 0.3 is 5.92 Å². The van der Waals surface area contributed by atoms with Crippen molar-refractivity contribution in [3.8, 4) is 11.8 Å². The van der Waals surface area contributed by atoms with Crippen LogP contribution in [0, 0.1) is 29.3 Å². The van der Waals surface area contributed by atoms with Crippen molar-refractivity contribution in [2.75, 3.05) is 0 Å². The fourth-order valence-electron chi connectivity index (χ4n) is 3.26. The van der Waals surface area contributed by atoms with Crippen molar-refractivity contribution in [1.29, 1.82) is 0 Å². The summed E-state index contributed by atoms with van der Waals surface area (Å²) in [6.07, 6.45) is 2.24. The Balaban J connectivity index is 1.76. The van der Waals surface area contributed by atoms with Crippen LogP contribution < -0.4 is 0 Å². The van der Waals surface area contributed by atoms with Crippen LogP contribution in [0.5, 0.6) is 0 Å². The van der Waals surface area contributed by atoms with Crippen molar-refractivity contribution in [3.05, 3.63) is 125 Å². The van der Waals surface area contributed by atoms with Gasteiger partial charge in [-0.2, -0.15) is 19.0 Å². The topological polar surface area (TPSA) is 58.9 Å². The van der Waals surface area contributed by atoms with Gasteiger partial charge in [0, 0.05) is 35.2 Å². The van der Waals surface area contributed by atoms with Crippen LogP contribution in [-0.2, 0) is 11.5 Å². The monoisotopic (exact) mass is 467 g/mol. The van der Waals surface area contributed by atoms with Crippen molar-refractivity contribution >= 4 is 0 Å². The Bertz CT molecular complexity index is 1370. The van der Waals surface area contributed by atoms with Gasteiger partial charge in [0.2, 0.25) is 5.60 Å². The standard InChI is InChI=1S/C25H14F5N3O/c26-18-8-5-16(6-9-18)3-4-17-7-12-23(31-15-17)25(29,30)24(34,22-2-1-13-32-33-22)20-11-10-19(27)14-21(20)28/h1-2,5-15,34H.